The summed E-state index contributed by atoms with van der Waals surface area (Å²) in [7, 11) is 0. The Balaban J connectivity index is 2.05. The van der Waals surface area contributed by atoms with Crippen molar-refractivity contribution in [1.29, 1.82) is 0 Å². The van der Waals surface area contributed by atoms with Crippen molar-refractivity contribution >= 4 is 27.5 Å². The summed E-state index contributed by atoms with van der Waals surface area (Å²) >= 11 is 3.40. The van der Waals surface area contributed by atoms with Crippen LogP contribution in [0.25, 0.3) is 0 Å². The number of carbonyl (C=O) groups excluding carboxylic acids is 1. The number of carbonyl (C=O) groups is 1. The van der Waals surface area contributed by atoms with Gasteiger partial charge in [0.2, 0.25) is 5.91 Å². The minimum absolute atomic E-state index is 0.0690. The van der Waals surface area contributed by atoms with Crippen LogP contribution in [-0.2, 0) is 4.79 Å². The number of aliphatic hydroxyl groups is 1. The number of rotatable bonds is 4. The molecule has 5 nitrogen and oxygen atoms in total. The van der Waals surface area contributed by atoms with Crippen LogP contribution in [0.1, 0.15) is 20.3 Å². The van der Waals surface area contributed by atoms with Crippen LogP contribution in [0.4, 0.5) is 5.69 Å². The van der Waals surface area contributed by atoms with Gasteiger partial charge in [0.15, 0.2) is 0 Å². The zero-order chi connectivity index (χ0) is 14.7. The Kier molecular flexibility index (Phi) is 5.01. The number of amides is 1. The average molecular weight is 343 g/mol. The maximum Gasteiger partial charge on any atom is 0.241 e. The Bertz CT molecular complexity index is 493. The lowest BCUT2D eigenvalue weighted by molar-refractivity contribution is -0.117. The number of ether oxygens (including phenoxy) is 1. The second-order valence-corrected chi connectivity index (χ2v) is 6.10. The van der Waals surface area contributed by atoms with Gasteiger partial charge in [-0.1, -0.05) is 15.9 Å². The number of benzene rings is 1. The molecular formula is C14H19BrN2O3. The molecule has 1 fully saturated rings. The molecular weight excluding hydrogens is 324 g/mol. The van der Waals surface area contributed by atoms with Crippen molar-refractivity contribution in [3.8, 4) is 5.75 Å². The predicted octanol–water partition coefficient (Wildman–Crippen LogP) is 1.90. The summed E-state index contributed by atoms with van der Waals surface area (Å²) in [5, 5.41) is 15.3. The molecule has 0 saturated carbocycles. The van der Waals surface area contributed by atoms with E-state index in [9.17, 15) is 9.90 Å². The summed E-state index contributed by atoms with van der Waals surface area (Å²) in [6.07, 6.45) is 0.0578. The van der Waals surface area contributed by atoms with E-state index < -0.39 is 6.10 Å². The van der Waals surface area contributed by atoms with Crippen molar-refractivity contribution in [3.63, 3.8) is 0 Å². The number of β-amino-alcohol motifs (C(OH)–C–C–N with tert-alkyl or cyclic N) is 1. The van der Waals surface area contributed by atoms with Gasteiger partial charge >= 0.3 is 0 Å². The highest BCUT2D eigenvalue weighted by Gasteiger charge is 2.28. The third-order valence-electron chi connectivity index (χ3n) is 2.93. The molecule has 0 radical (unpaired) electrons. The molecule has 1 aliphatic rings. The normalized spacial score (nSPS) is 22.1. The van der Waals surface area contributed by atoms with Crippen molar-refractivity contribution in [2.24, 2.45) is 0 Å². The quantitative estimate of drug-likeness (QED) is 0.781. The number of aliphatic hydroxyl groups excluding tert-OH is 1. The van der Waals surface area contributed by atoms with Gasteiger partial charge in [-0.15, -0.1) is 0 Å². The van der Waals surface area contributed by atoms with Gasteiger partial charge in [-0.05, 0) is 32.4 Å². The molecule has 0 spiro atoms. The van der Waals surface area contributed by atoms with E-state index >= 15 is 0 Å². The van der Waals surface area contributed by atoms with Crippen LogP contribution in [-0.4, -0.2) is 35.8 Å². The largest absolute Gasteiger partial charge is 0.491 e. The lowest BCUT2D eigenvalue weighted by atomic mass is 10.2. The molecule has 110 valence electrons. The molecule has 2 atom stereocenters. The second-order valence-electron chi connectivity index (χ2n) is 5.18. The Labute approximate surface area is 126 Å². The predicted molar refractivity (Wildman–Crippen MR) is 81.0 cm³/mol. The smallest absolute Gasteiger partial charge is 0.241 e. The monoisotopic (exact) mass is 342 g/mol. The molecule has 0 aliphatic carbocycles. The van der Waals surface area contributed by atoms with Gasteiger partial charge in [0.05, 0.1) is 18.2 Å². The van der Waals surface area contributed by atoms with E-state index in [0.717, 1.165) is 4.47 Å². The Morgan fingerprint density at radius 1 is 1.50 bits per heavy atom. The number of nitrogens with one attached hydrogen (secondary N) is 2. The van der Waals surface area contributed by atoms with Crippen LogP contribution in [0, 0.1) is 0 Å². The fourth-order valence-corrected chi connectivity index (χ4v) is 2.59. The van der Waals surface area contributed by atoms with E-state index in [4.69, 9.17) is 4.74 Å². The SMILES string of the molecule is CC(C)Oc1cc(Br)cc(NC(=O)C2CC(O)CN2)c1. The van der Waals surface area contributed by atoms with Crippen LogP contribution in [0.5, 0.6) is 5.75 Å². The van der Waals surface area contributed by atoms with E-state index in [-0.39, 0.29) is 18.1 Å². The fourth-order valence-electron chi connectivity index (χ4n) is 2.12. The summed E-state index contributed by atoms with van der Waals surface area (Å²) in [5.74, 6) is 0.555. The zero-order valence-corrected chi connectivity index (χ0v) is 13.1. The molecule has 0 bridgehead atoms. The van der Waals surface area contributed by atoms with Crippen LogP contribution < -0.4 is 15.4 Å². The molecule has 6 heteroatoms. The van der Waals surface area contributed by atoms with E-state index in [1.807, 2.05) is 26.0 Å². The Morgan fingerprint density at radius 2 is 2.25 bits per heavy atom. The van der Waals surface area contributed by atoms with E-state index in [1.54, 1.807) is 6.07 Å². The highest BCUT2D eigenvalue weighted by molar-refractivity contribution is 9.10. The first-order valence-electron chi connectivity index (χ1n) is 6.63. The van der Waals surface area contributed by atoms with Gasteiger partial charge in [-0.3, -0.25) is 4.79 Å². The summed E-state index contributed by atoms with van der Waals surface area (Å²) in [6, 6.07) is 5.11. The van der Waals surface area contributed by atoms with Gasteiger partial charge in [0.25, 0.3) is 0 Å². The molecule has 1 aromatic rings. The standard InChI is InChI=1S/C14H19BrN2O3/c1-8(2)20-12-4-9(15)3-10(5-12)17-14(19)13-6-11(18)7-16-13/h3-5,8,11,13,16,18H,6-7H2,1-2H3,(H,17,19). The molecule has 3 N–H and O–H groups in total. The van der Waals surface area contributed by atoms with Gasteiger partial charge in [-0.25, -0.2) is 0 Å². The molecule has 20 heavy (non-hydrogen) atoms. The number of anilines is 1. The Morgan fingerprint density at radius 3 is 2.85 bits per heavy atom. The first-order chi connectivity index (χ1) is 9.44. The lowest BCUT2D eigenvalue weighted by Crippen LogP contribution is -2.35. The molecule has 1 amide bonds. The maximum atomic E-state index is 12.1. The highest BCUT2D eigenvalue weighted by Crippen LogP contribution is 2.26. The molecule has 1 aliphatic heterocycles. The summed E-state index contributed by atoms with van der Waals surface area (Å²) in [6.45, 7) is 4.35. The summed E-state index contributed by atoms with van der Waals surface area (Å²) in [5.41, 5.74) is 0.670. The third kappa shape index (κ3) is 4.19. The summed E-state index contributed by atoms with van der Waals surface area (Å²) in [4.78, 5) is 12.1. The van der Waals surface area contributed by atoms with Gasteiger partial charge in [0, 0.05) is 22.8 Å². The minimum atomic E-state index is -0.451. The van der Waals surface area contributed by atoms with Crippen LogP contribution in [0.15, 0.2) is 22.7 Å². The van der Waals surface area contributed by atoms with Gasteiger partial charge in [-0.2, -0.15) is 0 Å². The van der Waals surface area contributed by atoms with Crippen LogP contribution in [0.2, 0.25) is 0 Å². The molecule has 0 aromatic heterocycles. The van der Waals surface area contributed by atoms with Crippen molar-refractivity contribution < 1.29 is 14.6 Å². The van der Waals surface area contributed by atoms with Crippen molar-refractivity contribution in [2.45, 2.75) is 38.5 Å². The number of halogens is 1. The van der Waals surface area contributed by atoms with E-state index in [0.29, 0.717) is 24.4 Å². The van der Waals surface area contributed by atoms with E-state index in [1.165, 1.54) is 0 Å². The molecule has 1 heterocycles. The maximum absolute atomic E-state index is 12.1. The molecule has 1 saturated heterocycles. The van der Waals surface area contributed by atoms with Crippen LogP contribution in [0.3, 0.4) is 0 Å². The number of hydrogen-bond donors (Lipinski definition) is 3. The first-order valence-corrected chi connectivity index (χ1v) is 7.43. The third-order valence-corrected chi connectivity index (χ3v) is 3.39. The lowest BCUT2D eigenvalue weighted by Gasteiger charge is -2.14. The topological polar surface area (TPSA) is 70.6 Å². The van der Waals surface area contributed by atoms with Crippen molar-refractivity contribution in [2.75, 3.05) is 11.9 Å². The van der Waals surface area contributed by atoms with Crippen molar-refractivity contribution in [1.82, 2.24) is 5.32 Å². The van der Waals surface area contributed by atoms with Gasteiger partial charge in [0.1, 0.15) is 5.75 Å². The van der Waals surface area contributed by atoms with Crippen LogP contribution >= 0.6 is 15.9 Å². The fraction of sp³-hybridized carbons (Fsp3) is 0.500. The summed E-state index contributed by atoms with van der Waals surface area (Å²) < 4.78 is 6.46. The second kappa shape index (κ2) is 6.56. The highest BCUT2D eigenvalue weighted by atomic mass is 79.9. The average Bonchev–Trinajstić information content (AvgIpc) is 2.74. The minimum Gasteiger partial charge on any atom is -0.491 e. The van der Waals surface area contributed by atoms with E-state index in [2.05, 4.69) is 26.6 Å². The number of hydrogen-bond acceptors (Lipinski definition) is 4. The van der Waals surface area contributed by atoms with Gasteiger partial charge < -0.3 is 20.5 Å². The Hall–Kier alpha value is -1.11. The zero-order valence-electron chi connectivity index (χ0n) is 11.5. The van der Waals surface area contributed by atoms with Crippen molar-refractivity contribution in [3.05, 3.63) is 22.7 Å². The first kappa shape index (κ1) is 15.3. The molecule has 2 unspecified atom stereocenters. The molecule has 2 rings (SSSR count). The molecule has 1 aromatic carbocycles.